The van der Waals surface area contributed by atoms with Gasteiger partial charge in [0.25, 0.3) is 0 Å². The van der Waals surface area contributed by atoms with Gasteiger partial charge in [-0.15, -0.1) is 0 Å². The number of hydrogen-bond donors (Lipinski definition) is 2. The average molecular weight is 387 g/mol. The van der Waals surface area contributed by atoms with Gasteiger partial charge in [-0.2, -0.15) is 0 Å². The third kappa shape index (κ3) is 2.75. The second-order valence-electron chi connectivity index (χ2n) is 7.52. The molecule has 1 saturated heterocycles. The minimum atomic E-state index is -3.73. The Kier molecular flexibility index (Phi) is 3.97. The second kappa shape index (κ2) is 6.26. The Bertz CT molecular complexity index is 905. The van der Waals surface area contributed by atoms with E-state index in [1.54, 1.807) is 35.0 Å². The van der Waals surface area contributed by atoms with Crippen LogP contribution in [0.3, 0.4) is 0 Å². The summed E-state index contributed by atoms with van der Waals surface area (Å²) in [5.74, 6) is 0.776. The predicted octanol–water partition coefficient (Wildman–Crippen LogP) is 3.87. The Hall–Kier alpha value is -2.01. The van der Waals surface area contributed by atoms with E-state index >= 15 is 0 Å². The summed E-state index contributed by atoms with van der Waals surface area (Å²) < 4.78 is 27.8. The highest BCUT2D eigenvalue weighted by molar-refractivity contribution is 7.56. The Morgan fingerprint density at radius 3 is 2.74 bits per heavy atom. The summed E-state index contributed by atoms with van der Waals surface area (Å²) in [5, 5.41) is 20.2. The molecule has 142 valence electrons. The van der Waals surface area contributed by atoms with E-state index in [0.29, 0.717) is 12.2 Å². The molecule has 0 aromatic heterocycles. The molecule has 7 heteroatoms. The van der Waals surface area contributed by atoms with Crippen LogP contribution in [0.15, 0.2) is 48.5 Å². The summed E-state index contributed by atoms with van der Waals surface area (Å²) in [6, 6.07) is 14.1. The normalized spacial score (nSPS) is 34.5. The fourth-order valence-corrected chi connectivity index (χ4v) is 7.06. The smallest absolute Gasteiger partial charge is 0.489 e. The number of rotatable bonds is 2. The standard InChI is InChI=1S/C20H22NO5P/c22-14-7-10-17-13(12-14)6-9-18-16-8-11-19(23)20(16)26-27(24,21(17)18)25-15-4-2-1-3-5-15/h1-5,7,10,12,16,18-20,22-23H,6,8-9,11H2. The van der Waals surface area contributed by atoms with Gasteiger partial charge in [0.2, 0.25) is 0 Å². The summed E-state index contributed by atoms with van der Waals surface area (Å²) in [6.07, 6.45) is 1.97. The molecular formula is C20H22NO5P. The van der Waals surface area contributed by atoms with Crippen LogP contribution in [0.4, 0.5) is 5.69 Å². The first kappa shape index (κ1) is 17.1. The highest BCUT2D eigenvalue weighted by Crippen LogP contribution is 2.64. The summed E-state index contributed by atoms with van der Waals surface area (Å²) >= 11 is 0. The van der Waals surface area contributed by atoms with E-state index in [0.717, 1.165) is 30.5 Å². The Labute approximate surface area is 157 Å². The van der Waals surface area contributed by atoms with E-state index in [1.807, 2.05) is 18.2 Å². The van der Waals surface area contributed by atoms with Crippen LogP contribution in [0.5, 0.6) is 11.5 Å². The number of benzene rings is 2. The molecule has 3 aliphatic rings. The third-order valence-corrected chi connectivity index (χ3v) is 7.90. The van der Waals surface area contributed by atoms with Crippen LogP contribution >= 0.6 is 7.75 Å². The van der Waals surface area contributed by atoms with Gasteiger partial charge in [-0.3, -0.25) is 9.19 Å². The van der Waals surface area contributed by atoms with Crippen molar-refractivity contribution in [1.29, 1.82) is 0 Å². The number of para-hydroxylation sites is 1. The van der Waals surface area contributed by atoms with Crippen molar-refractivity contribution < 1.29 is 23.8 Å². The maximum absolute atomic E-state index is 14.0. The molecule has 2 aromatic rings. The molecule has 1 aliphatic carbocycles. The van der Waals surface area contributed by atoms with Crippen LogP contribution in [0.25, 0.3) is 0 Å². The summed E-state index contributed by atoms with van der Waals surface area (Å²) in [4.78, 5) is 0. The van der Waals surface area contributed by atoms with Gasteiger partial charge < -0.3 is 14.7 Å². The van der Waals surface area contributed by atoms with Crippen LogP contribution in [-0.2, 0) is 15.5 Å². The SMILES string of the molecule is O=P1(Oc2ccccc2)OC2C(O)CCC2C2CCc3cc(O)ccc3N21. The van der Waals surface area contributed by atoms with Crippen LogP contribution in [0, 0.1) is 5.92 Å². The van der Waals surface area contributed by atoms with E-state index in [1.165, 1.54) is 0 Å². The Balaban J connectivity index is 1.61. The number of phenolic OH excluding ortho intramolecular Hbond substituents is 1. The van der Waals surface area contributed by atoms with Gasteiger partial charge >= 0.3 is 7.75 Å². The van der Waals surface area contributed by atoms with Crippen LogP contribution in [0.1, 0.15) is 24.8 Å². The van der Waals surface area contributed by atoms with Gasteiger partial charge in [-0.1, -0.05) is 18.2 Å². The first-order valence-corrected chi connectivity index (χ1v) is 10.9. The Morgan fingerprint density at radius 1 is 1.11 bits per heavy atom. The first-order valence-electron chi connectivity index (χ1n) is 9.38. The lowest BCUT2D eigenvalue weighted by atomic mass is 9.87. The molecule has 5 unspecified atom stereocenters. The van der Waals surface area contributed by atoms with E-state index in [2.05, 4.69) is 0 Å². The lowest BCUT2D eigenvalue weighted by Gasteiger charge is -2.50. The topological polar surface area (TPSA) is 79.2 Å². The quantitative estimate of drug-likeness (QED) is 0.762. The Morgan fingerprint density at radius 2 is 1.93 bits per heavy atom. The van der Waals surface area contributed by atoms with Crippen molar-refractivity contribution in [2.24, 2.45) is 5.92 Å². The van der Waals surface area contributed by atoms with Crippen molar-refractivity contribution in [3.05, 3.63) is 54.1 Å². The zero-order valence-corrected chi connectivity index (χ0v) is 15.7. The van der Waals surface area contributed by atoms with Gasteiger partial charge in [-0.25, -0.2) is 4.57 Å². The molecule has 2 heterocycles. The van der Waals surface area contributed by atoms with Crippen LogP contribution < -0.4 is 9.19 Å². The maximum atomic E-state index is 14.0. The maximum Gasteiger partial charge on any atom is 0.489 e. The molecule has 0 spiro atoms. The second-order valence-corrected chi connectivity index (χ2v) is 9.28. The van der Waals surface area contributed by atoms with E-state index in [-0.39, 0.29) is 17.7 Å². The van der Waals surface area contributed by atoms with Crippen molar-refractivity contribution in [2.75, 3.05) is 4.67 Å². The summed E-state index contributed by atoms with van der Waals surface area (Å²) in [6.45, 7) is 0. The zero-order chi connectivity index (χ0) is 18.6. The molecule has 2 aromatic carbocycles. The molecule has 0 amide bonds. The van der Waals surface area contributed by atoms with E-state index in [4.69, 9.17) is 9.05 Å². The molecule has 5 rings (SSSR count). The fourth-order valence-electron chi connectivity index (χ4n) is 4.73. The number of phenols is 1. The average Bonchev–Trinajstić information content (AvgIpc) is 3.02. The van der Waals surface area contributed by atoms with E-state index < -0.39 is 20.0 Å². The van der Waals surface area contributed by atoms with Crippen molar-refractivity contribution in [1.82, 2.24) is 0 Å². The number of aryl methyl sites for hydroxylation is 1. The third-order valence-electron chi connectivity index (χ3n) is 5.91. The summed E-state index contributed by atoms with van der Waals surface area (Å²) in [5.41, 5.74) is 1.71. The van der Waals surface area contributed by atoms with Crippen LogP contribution in [0.2, 0.25) is 0 Å². The molecule has 2 fully saturated rings. The molecule has 5 atom stereocenters. The summed E-state index contributed by atoms with van der Waals surface area (Å²) in [7, 11) is -3.73. The van der Waals surface area contributed by atoms with Crippen molar-refractivity contribution in [2.45, 2.75) is 43.9 Å². The molecule has 2 N–H and O–H groups in total. The molecule has 0 radical (unpaired) electrons. The lowest BCUT2D eigenvalue weighted by molar-refractivity contribution is 0.0121. The highest BCUT2D eigenvalue weighted by atomic mass is 31.2. The number of aliphatic hydroxyl groups excluding tert-OH is 1. The minimum absolute atomic E-state index is 0.0208. The predicted molar refractivity (Wildman–Crippen MR) is 101 cm³/mol. The van der Waals surface area contributed by atoms with Crippen molar-refractivity contribution in [3.8, 4) is 11.5 Å². The highest BCUT2D eigenvalue weighted by Gasteiger charge is 2.57. The molecular weight excluding hydrogens is 365 g/mol. The molecule has 2 aliphatic heterocycles. The number of fused-ring (bicyclic) bond motifs is 5. The molecule has 27 heavy (non-hydrogen) atoms. The fraction of sp³-hybridized carbons (Fsp3) is 0.400. The van der Waals surface area contributed by atoms with Gasteiger partial charge in [0.15, 0.2) is 0 Å². The number of aromatic hydroxyl groups is 1. The zero-order valence-electron chi connectivity index (χ0n) is 14.8. The van der Waals surface area contributed by atoms with Crippen molar-refractivity contribution >= 4 is 13.4 Å². The number of anilines is 1. The largest absolute Gasteiger partial charge is 0.508 e. The van der Waals surface area contributed by atoms with Crippen molar-refractivity contribution in [3.63, 3.8) is 0 Å². The van der Waals surface area contributed by atoms with E-state index in [9.17, 15) is 14.8 Å². The molecule has 6 nitrogen and oxygen atoms in total. The number of nitrogens with zero attached hydrogens (tertiary/aromatic N) is 1. The van der Waals surface area contributed by atoms with Crippen LogP contribution in [-0.4, -0.2) is 28.5 Å². The number of hydrogen-bond acceptors (Lipinski definition) is 5. The van der Waals surface area contributed by atoms with Gasteiger partial charge in [0.05, 0.1) is 11.8 Å². The van der Waals surface area contributed by atoms with Gasteiger partial charge in [0.1, 0.15) is 17.6 Å². The van der Waals surface area contributed by atoms with Gasteiger partial charge in [-0.05, 0) is 61.6 Å². The molecule has 1 saturated carbocycles. The molecule has 0 bridgehead atoms. The minimum Gasteiger partial charge on any atom is -0.508 e. The van der Waals surface area contributed by atoms with Gasteiger partial charge in [0, 0.05) is 12.0 Å². The number of aliphatic hydroxyl groups is 1. The lowest BCUT2D eigenvalue weighted by Crippen LogP contribution is -2.52. The monoisotopic (exact) mass is 387 g/mol. The first-order chi connectivity index (χ1) is 13.0.